The second-order valence-electron chi connectivity index (χ2n) is 3.75. The average molecular weight is 267 g/mol. The fourth-order valence-electron chi connectivity index (χ4n) is 1.19. The van der Waals surface area contributed by atoms with Crippen molar-refractivity contribution >= 4 is 0 Å². The summed E-state index contributed by atoms with van der Waals surface area (Å²) >= 11 is 0. The normalized spacial score (nSPS) is 19.8. The van der Waals surface area contributed by atoms with Crippen molar-refractivity contribution < 1.29 is 36.2 Å². The van der Waals surface area contributed by atoms with Crippen molar-refractivity contribution in [3.8, 4) is 0 Å². The third-order valence-electron chi connectivity index (χ3n) is 2.06. The van der Waals surface area contributed by atoms with Crippen molar-refractivity contribution in [2.24, 2.45) is 0 Å². The van der Waals surface area contributed by atoms with E-state index in [9.17, 15) is 26.3 Å². The van der Waals surface area contributed by atoms with E-state index >= 15 is 0 Å². The lowest BCUT2D eigenvalue weighted by Crippen LogP contribution is -2.46. The number of rotatable bonds is 5. The summed E-state index contributed by atoms with van der Waals surface area (Å²) < 4.78 is 75.8. The summed E-state index contributed by atoms with van der Waals surface area (Å²) in [4.78, 5) is 1.66. The fraction of sp³-hybridized carbons (Fsp3) is 1.00. The zero-order valence-electron chi connectivity index (χ0n) is 8.55. The summed E-state index contributed by atoms with van der Waals surface area (Å²) in [5.41, 5.74) is 0. The van der Waals surface area contributed by atoms with Gasteiger partial charge in [0.05, 0.1) is 12.7 Å². The fourth-order valence-corrected chi connectivity index (χ4v) is 1.19. The molecule has 0 saturated carbocycles. The molecule has 0 aromatic heterocycles. The van der Waals surface area contributed by atoms with Gasteiger partial charge in [-0.1, -0.05) is 0 Å². The maximum Gasteiger partial charge on any atom is 0.423 e. The van der Waals surface area contributed by atoms with Gasteiger partial charge < -0.3 is 9.84 Å². The van der Waals surface area contributed by atoms with E-state index in [0.717, 1.165) is 0 Å². The number of hydrogen-bond donors (Lipinski definition) is 1. The lowest BCUT2D eigenvalue weighted by Gasteiger charge is -2.24. The molecule has 1 unspecified atom stereocenters. The van der Waals surface area contributed by atoms with Crippen LogP contribution in [0.1, 0.15) is 0 Å². The van der Waals surface area contributed by atoms with E-state index in [-0.39, 0.29) is 6.54 Å². The molecule has 1 saturated heterocycles. The van der Waals surface area contributed by atoms with Crippen LogP contribution in [-0.4, -0.2) is 60.8 Å². The highest BCUT2D eigenvalue weighted by Gasteiger charge is 2.58. The molecule has 0 aliphatic carbocycles. The first-order valence-electron chi connectivity index (χ1n) is 4.76. The minimum Gasteiger partial charge on any atom is -0.389 e. The predicted molar refractivity (Wildman–Crippen MR) is 44.3 cm³/mol. The Balaban J connectivity index is 2.43. The van der Waals surface area contributed by atoms with E-state index in [1.807, 2.05) is 0 Å². The number of hydrogen-bond acceptors (Lipinski definition) is 3. The molecule has 9 heteroatoms. The molecule has 3 nitrogen and oxygen atoms in total. The van der Waals surface area contributed by atoms with Gasteiger partial charge in [-0.05, 0) is 0 Å². The Bertz CT molecular complexity index is 235. The molecule has 1 atom stereocenters. The first-order valence-corrected chi connectivity index (χ1v) is 4.76. The first kappa shape index (κ1) is 14.5. The molecule has 1 rings (SSSR count). The lowest BCUT2D eigenvalue weighted by molar-refractivity contribution is -0.324. The highest BCUT2D eigenvalue weighted by molar-refractivity contribution is 4.79. The van der Waals surface area contributed by atoms with Crippen molar-refractivity contribution in [1.82, 2.24) is 4.90 Å². The topological polar surface area (TPSA) is 32.5 Å². The van der Waals surface area contributed by atoms with Gasteiger partial charge in [0.15, 0.2) is 0 Å². The molecule has 1 N–H and O–H groups in total. The van der Waals surface area contributed by atoms with Crippen LogP contribution in [0.4, 0.5) is 26.3 Å². The highest BCUT2D eigenvalue weighted by Crippen LogP contribution is 2.35. The van der Waals surface area contributed by atoms with Gasteiger partial charge in [-0.25, -0.2) is 0 Å². The summed E-state index contributed by atoms with van der Waals surface area (Å²) in [6, 6.07) is 0. The molecule has 0 aromatic carbocycles. The lowest BCUT2D eigenvalue weighted by atomic mass is 10.3. The number of β-amino-alcohol motifs (C(OH)–C–C–N with tert-alkyl or cyclic N) is 1. The molecule has 0 bridgehead atoms. The number of aliphatic hydroxyl groups excluding tert-OH is 1. The van der Waals surface area contributed by atoms with Crippen molar-refractivity contribution in [2.45, 2.75) is 24.6 Å². The van der Waals surface area contributed by atoms with Crippen molar-refractivity contribution in [2.75, 3.05) is 26.2 Å². The third kappa shape index (κ3) is 5.09. The quantitative estimate of drug-likeness (QED) is 0.599. The standard InChI is InChI=1S/C8H11F6NO2/c9-7(10,11)6(8(12,13)14)17-4-5(16)3-15-1-2-15/h5-6,16H,1-4H2. The second-order valence-corrected chi connectivity index (χ2v) is 3.75. The average Bonchev–Trinajstić information content (AvgIpc) is 2.82. The van der Waals surface area contributed by atoms with Crippen LogP contribution in [0.3, 0.4) is 0 Å². The molecule has 1 heterocycles. The Kier molecular flexibility index (Phi) is 4.26. The van der Waals surface area contributed by atoms with Crippen LogP contribution in [-0.2, 0) is 4.74 Å². The largest absolute Gasteiger partial charge is 0.423 e. The molecule has 1 fully saturated rings. The van der Waals surface area contributed by atoms with E-state index in [1.54, 1.807) is 4.90 Å². The van der Waals surface area contributed by atoms with Crippen molar-refractivity contribution in [1.29, 1.82) is 0 Å². The van der Waals surface area contributed by atoms with Gasteiger partial charge in [0.25, 0.3) is 0 Å². The summed E-state index contributed by atoms with van der Waals surface area (Å²) in [6.45, 7) is 0.376. The zero-order valence-corrected chi connectivity index (χ0v) is 8.55. The van der Waals surface area contributed by atoms with Crippen LogP contribution in [0.25, 0.3) is 0 Å². The van der Waals surface area contributed by atoms with E-state index in [1.165, 1.54) is 0 Å². The van der Waals surface area contributed by atoms with Gasteiger partial charge in [-0.3, -0.25) is 4.90 Å². The SMILES string of the molecule is OC(COC(C(F)(F)F)C(F)(F)F)CN1CC1. The van der Waals surface area contributed by atoms with E-state index in [2.05, 4.69) is 4.74 Å². The molecule has 1 aliphatic heterocycles. The zero-order chi connectivity index (χ0) is 13.3. The molecule has 0 amide bonds. The van der Waals surface area contributed by atoms with Crippen LogP contribution in [0.5, 0.6) is 0 Å². The molecule has 102 valence electrons. The van der Waals surface area contributed by atoms with Gasteiger partial charge in [-0.15, -0.1) is 0 Å². The highest BCUT2D eigenvalue weighted by atomic mass is 19.4. The van der Waals surface area contributed by atoms with Crippen LogP contribution < -0.4 is 0 Å². The number of alkyl halides is 6. The van der Waals surface area contributed by atoms with Crippen LogP contribution in [0.15, 0.2) is 0 Å². The van der Waals surface area contributed by atoms with Crippen LogP contribution >= 0.6 is 0 Å². The minimum atomic E-state index is -5.53. The maximum atomic E-state index is 12.0. The molecule has 17 heavy (non-hydrogen) atoms. The Morgan fingerprint density at radius 3 is 1.88 bits per heavy atom. The molecular weight excluding hydrogens is 256 g/mol. The van der Waals surface area contributed by atoms with Gasteiger partial charge in [0.1, 0.15) is 0 Å². The molecule has 0 radical (unpaired) electrons. The van der Waals surface area contributed by atoms with Crippen molar-refractivity contribution in [3.05, 3.63) is 0 Å². The Hall–Kier alpha value is -0.540. The Labute approximate surface area is 92.9 Å². The van der Waals surface area contributed by atoms with Crippen LogP contribution in [0.2, 0.25) is 0 Å². The molecule has 0 spiro atoms. The number of ether oxygens (including phenoxy) is 1. The predicted octanol–water partition coefficient (Wildman–Crippen LogP) is 1.17. The van der Waals surface area contributed by atoms with Gasteiger partial charge >= 0.3 is 12.4 Å². The molecular formula is C8H11F6NO2. The minimum absolute atomic E-state index is 0.0163. The van der Waals surface area contributed by atoms with Gasteiger partial charge in [0, 0.05) is 19.6 Å². The maximum absolute atomic E-state index is 12.0. The van der Waals surface area contributed by atoms with Crippen LogP contribution in [0, 0.1) is 0 Å². The Morgan fingerprint density at radius 2 is 1.53 bits per heavy atom. The first-order chi connectivity index (χ1) is 7.60. The van der Waals surface area contributed by atoms with Crippen molar-refractivity contribution in [3.63, 3.8) is 0 Å². The third-order valence-corrected chi connectivity index (χ3v) is 2.06. The smallest absolute Gasteiger partial charge is 0.389 e. The Morgan fingerprint density at radius 1 is 1.06 bits per heavy atom. The second kappa shape index (κ2) is 4.99. The molecule has 0 aromatic rings. The number of aliphatic hydroxyl groups is 1. The number of halogens is 6. The van der Waals surface area contributed by atoms with Gasteiger partial charge in [0.2, 0.25) is 6.10 Å². The monoisotopic (exact) mass is 267 g/mol. The molecule has 1 aliphatic rings. The van der Waals surface area contributed by atoms with E-state index in [0.29, 0.717) is 13.1 Å². The summed E-state index contributed by atoms with van der Waals surface area (Å²) in [5.74, 6) is 0. The number of nitrogens with zero attached hydrogens (tertiary/aromatic N) is 1. The summed E-state index contributed by atoms with van der Waals surface area (Å²) in [6.07, 6.45) is -16.3. The van der Waals surface area contributed by atoms with E-state index < -0.39 is 31.2 Å². The summed E-state index contributed by atoms with van der Waals surface area (Å²) in [7, 11) is 0. The summed E-state index contributed by atoms with van der Waals surface area (Å²) in [5, 5.41) is 9.14. The van der Waals surface area contributed by atoms with Gasteiger partial charge in [-0.2, -0.15) is 26.3 Å². The van der Waals surface area contributed by atoms with E-state index in [4.69, 9.17) is 5.11 Å².